The highest BCUT2D eigenvalue weighted by Crippen LogP contribution is 2.29. The predicted molar refractivity (Wildman–Crippen MR) is 85.9 cm³/mol. The maximum Gasteiger partial charge on any atom is 0.240 e. The third-order valence-electron chi connectivity index (χ3n) is 4.71. The maximum atomic E-state index is 5.92. The zero-order valence-electron chi connectivity index (χ0n) is 14.5. The van der Waals surface area contributed by atoms with Gasteiger partial charge in [-0.2, -0.15) is 4.98 Å². The lowest BCUT2D eigenvalue weighted by atomic mass is 9.90. The highest BCUT2D eigenvalue weighted by molar-refractivity contribution is 4.93. The number of aromatic nitrogens is 2. The van der Waals surface area contributed by atoms with Gasteiger partial charge in [0.2, 0.25) is 5.89 Å². The molecule has 0 spiro atoms. The van der Waals surface area contributed by atoms with Crippen molar-refractivity contribution in [3.8, 4) is 0 Å². The van der Waals surface area contributed by atoms with Crippen LogP contribution in [-0.4, -0.2) is 46.9 Å². The molecule has 1 aromatic rings. The van der Waals surface area contributed by atoms with Crippen molar-refractivity contribution in [2.75, 3.05) is 19.8 Å². The Balaban J connectivity index is 1.57. The first-order valence-corrected chi connectivity index (χ1v) is 8.93. The van der Waals surface area contributed by atoms with Gasteiger partial charge in [-0.15, -0.1) is 0 Å². The zero-order valence-corrected chi connectivity index (χ0v) is 14.5. The molecule has 2 aliphatic rings. The van der Waals surface area contributed by atoms with Crippen LogP contribution in [0.3, 0.4) is 0 Å². The van der Waals surface area contributed by atoms with Crippen molar-refractivity contribution in [2.24, 2.45) is 5.92 Å². The molecule has 2 fully saturated rings. The summed E-state index contributed by atoms with van der Waals surface area (Å²) in [5.74, 6) is 1.83. The van der Waals surface area contributed by atoms with E-state index in [0.29, 0.717) is 42.9 Å². The van der Waals surface area contributed by atoms with Gasteiger partial charge in [0.05, 0.1) is 19.3 Å². The van der Waals surface area contributed by atoms with Gasteiger partial charge in [0, 0.05) is 19.2 Å². The molecule has 1 aliphatic carbocycles. The molecule has 0 N–H and O–H groups in total. The molecule has 6 nitrogen and oxygen atoms in total. The van der Waals surface area contributed by atoms with Gasteiger partial charge in [-0.3, -0.25) is 4.90 Å². The first-order valence-electron chi connectivity index (χ1n) is 8.93. The van der Waals surface area contributed by atoms with Gasteiger partial charge >= 0.3 is 0 Å². The van der Waals surface area contributed by atoms with E-state index in [1.807, 2.05) is 6.92 Å². The lowest BCUT2D eigenvalue weighted by Crippen LogP contribution is -2.52. The summed E-state index contributed by atoms with van der Waals surface area (Å²) in [6.45, 7) is 9.41. The van der Waals surface area contributed by atoms with Crippen LogP contribution >= 0.6 is 0 Å². The Labute approximate surface area is 138 Å². The highest BCUT2D eigenvalue weighted by Gasteiger charge is 2.34. The van der Waals surface area contributed by atoms with E-state index in [2.05, 4.69) is 28.9 Å². The van der Waals surface area contributed by atoms with Crippen LogP contribution in [0.1, 0.15) is 64.3 Å². The quantitative estimate of drug-likeness (QED) is 0.802. The fourth-order valence-corrected chi connectivity index (χ4v) is 3.46. The number of nitrogens with zero attached hydrogens (tertiary/aromatic N) is 3. The summed E-state index contributed by atoms with van der Waals surface area (Å²) in [5.41, 5.74) is 0. The smallest absolute Gasteiger partial charge is 0.240 e. The summed E-state index contributed by atoms with van der Waals surface area (Å²) in [6.07, 6.45) is 5.21. The van der Waals surface area contributed by atoms with Crippen LogP contribution in [0.25, 0.3) is 0 Å². The number of rotatable bonds is 6. The van der Waals surface area contributed by atoms with Crippen LogP contribution in [0.4, 0.5) is 0 Å². The van der Waals surface area contributed by atoms with E-state index in [9.17, 15) is 0 Å². The van der Waals surface area contributed by atoms with E-state index in [0.717, 1.165) is 13.2 Å². The summed E-state index contributed by atoms with van der Waals surface area (Å²) in [7, 11) is 0. The molecule has 2 heterocycles. The maximum absolute atomic E-state index is 5.92. The minimum absolute atomic E-state index is 0.123. The molecular formula is C17H29N3O3. The van der Waals surface area contributed by atoms with Crippen LogP contribution in [0, 0.1) is 5.92 Å². The zero-order chi connectivity index (χ0) is 16.2. The average Bonchev–Trinajstić information content (AvgIpc) is 3.01. The molecule has 0 radical (unpaired) electrons. The first kappa shape index (κ1) is 16.9. The molecule has 0 aromatic carbocycles. The van der Waals surface area contributed by atoms with Crippen molar-refractivity contribution in [3.63, 3.8) is 0 Å². The number of ether oxygens (including phenoxy) is 2. The summed E-state index contributed by atoms with van der Waals surface area (Å²) >= 11 is 0. The second kappa shape index (κ2) is 7.73. The molecular weight excluding hydrogens is 294 g/mol. The van der Waals surface area contributed by atoms with E-state index in [1.54, 1.807) is 0 Å². The summed E-state index contributed by atoms with van der Waals surface area (Å²) in [5, 5.41) is 4.09. The standard InChI is InChI=1S/C17H29N3O3/c1-12(2)11-22-13(3)17-18-16(23-19-17)10-20-8-9-21-15-7-5-4-6-14(15)20/h12-15H,4-11H2,1-3H3/t13-,14-,15-/m1/s1. The lowest BCUT2D eigenvalue weighted by molar-refractivity contribution is -0.0933. The average molecular weight is 323 g/mol. The Morgan fingerprint density at radius 3 is 2.91 bits per heavy atom. The third kappa shape index (κ3) is 4.31. The van der Waals surface area contributed by atoms with Gasteiger partial charge < -0.3 is 14.0 Å². The van der Waals surface area contributed by atoms with Crippen LogP contribution in [0.2, 0.25) is 0 Å². The molecule has 1 saturated heterocycles. The predicted octanol–water partition coefficient (Wildman–Crippen LogP) is 2.95. The normalized spacial score (nSPS) is 27.1. The minimum Gasteiger partial charge on any atom is -0.375 e. The molecule has 0 unspecified atom stereocenters. The second-order valence-corrected chi connectivity index (χ2v) is 7.15. The summed E-state index contributed by atoms with van der Waals surface area (Å²) in [6, 6.07) is 0.502. The van der Waals surface area contributed by atoms with Crippen molar-refractivity contribution in [3.05, 3.63) is 11.7 Å². The van der Waals surface area contributed by atoms with E-state index >= 15 is 0 Å². The van der Waals surface area contributed by atoms with Crippen LogP contribution in [-0.2, 0) is 16.0 Å². The van der Waals surface area contributed by atoms with Gasteiger partial charge in [-0.1, -0.05) is 31.8 Å². The Bertz CT molecular complexity index is 489. The molecule has 1 saturated carbocycles. The monoisotopic (exact) mass is 323 g/mol. The van der Waals surface area contributed by atoms with E-state index in [1.165, 1.54) is 25.7 Å². The topological polar surface area (TPSA) is 60.6 Å². The molecule has 0 amide bonds. The van der Waals surface area contributed by atoms with Crippen LogP contribution in [0.15, 0.2) is 4.52 Å². The van der Waals surface area contributed by atoms with Crippen molar-refractivity contribution in [1.29, 1.82) is 0 Å². The molecule has 23 heavy (non-hydrogen) atoms. The third-order valence-corrected chi connectivity index (χ3v) is 4.71. The van der Waals surface area contributed by atoms with Crippen LogP contribution in [0.5, 0.6) is 0 Å². The SMILES string of the molecule is CC(C)CO[C@H](C)c1noc(CN2CCO[C@@H]3CCCC[C@H]32)n1. The molecule has 3 rings (SSSR count). The van der Waals surface area contributed by atoms with Crippen molar-refractivity contribution in [2.45, 2.75) is 71.2 Å². The number of hydrogen-bond donors (Lipinski definition) is 0. The molecule has 130 valence electrons. The largest absolute Gasteiger partial charge is 0.375 e. The number of hydrogen-bond acceptors (Lipinski definition) is 6. The Morgan fingerprint density at radius 2 is 2.09 bits per heavy atom. The second-order valence-electron chi connectivity index (χ2n) is 7.15. The van der Waals surface area contributed by atoms with Crippen molar-refractivity contribution >= 4 is 0 Å². The fraction of sp³-hybridized carbons (Fsp3) is 0.882. The van der Waals surface area contributed by atoms with Gasteiger partial charge in [0.1, 0.15) is 6.10 Å². The highest BCUT2D eigenvalue weighted by atomic mass is 16.5. The first-order chi connectivity index (χ1) is 11.1. The Morgan fingerprint density at radius 1 is 1.26 bits per heavy atom. The van der Waals surface area contributed by atoms with Crippen molar-refractivity contribution in [1.82, 2.24) is 15.0 Å². The van der Waals surface area contributed by atoms with E-state index in [-0.39, 0.29) is 6.10 Å². The Hall–Kier alpha value is -0.980. The number of morpholine rings is 1. The van der Waals surface area contributed by atoms with Crippen molar-refractivity contribution < 1.29 is 14.0 Å². The molecule has 6 heteroatoms. The molecule has 3 atom stereocenters. The molecule has 1 aromatic heterocycles. The van der Waals surface area contributed by atoms with E-state index < -0.39 is 0 Å². The Kier molecular flexibility index (Phi) is 5.67. The van der Waals surface area contributed by atoms with Gasteiger partial charge in [-0.05, 0) is 25.7 Å². The summed E-state index contributed by atoms with van der Waals surface area (Å²) < 4.78 is 17.1. The van der Waals surface area contributed by atoms with E-state index in [4.69, 9.17) is 14.0 Å². The van der Waals surface area contributed by atoms with Gasteiger partial charge in [0.15, 0.2) is 5.82 Å². The van der Waals surface area contributed by atoms with Gasteiger partial charge in [0.25, 0.3) is 0 Å². The number of fused-ring (bicyclic) bond motifs is 1. The van der Waals surface area contributed by atoms with Gasteiger partial charge in [-0.25, -0.2) is 0 Å². The lowest BCUT2D eigenvalue weighted by Gasteiger charge is -2.43. The summed E-state index contributed by atoms with van der Waals surface area (Å²) in [4.78, 5) is 6.98. The minimum atomic E-state index is -0.123. The fourth-order valence-electron chi connectivity index (χ4n) is 3.46. The molecule has 0 bridgehead atoms. The van der Waals surface area contributed by atoms with Crippen LogP contribution < -0.4 is 0 Å². The molecule has 1 aliphatic heterocycles.